The van der Waals surface area contributed by atoms with Crippen LogP contribution in [0.5, 0.6) is 0 Å². The van der Waals surface area contributed by atoms with Crippen LogP contribution in [0, 0.1) is 5.82 Å². The van der Waals surface area contributed by atoms with Crippen molar-refractivity contribution in [3.63, 3.8) is 0 Å². The van der Waals surface area contributed by atoms with E-state index >= 15 is 0 Å². The lowest BCUT2D eigenvalue weighted by atomic mass is 10.1. The maximum atomic E-state index is 13.0. The van der Waals surface area contributed by atoms with Crippen LogP contribution in [0.15, 0.2) is 54.6 Å². The smallest absolute Gasteiger partial charge is 0.333 e. The van der Waals surface area contributed by atoms with Crippen LogP contribution in [0.2, 0.25) is 0 Å². The fourth-order valence-electron chi connectivity index (χ4n) is 1.86. The van der Waals surface area contributed by atoms with Crippen molar-refractivity contribution in [2.45, 2.75) is 13.0 Å². The average molecular weight is 273 g/mol. The van der Waals surface area contributed by atoms with Gasteiger partial charge in [0.15, 0.2) is 6.04 Å². The van der Waals surface area contributed by atoms with Gasteiger partial charge in [-0.3, -0.25) is 0 Å². The third kappa shape index (κ3) is 3.57. The van der Waals surface area contributed by atoms with E-state index in [1.807, 2.05) is 30.3 Å². The Morgan fingerprint density at radius 3 is 2.40 bits per heavy atom. The first-order valence-electron chi connectivity index (χ1n) is 6.44. The van der Waals surface area contributed by atoms with Gasteiger partial charge in [0.05, 0.1) is 6.61 Å². The minimum absolute atomic E-state index is 0.299. The quantitative estimate of drug-likeness (QED) is 0.847. The molecular formula is C16H16FNO2. The molecular weight excluding hydrogens is 257 g/mol. The van der Waals surface area contributed by atoms with Gasteiger partial charge in [-0.1, -0.05) is 30.3 Å². The number of para-hydroxylation sites is 1. The molecule has 0 bridgehead atoms. The summed E-state index contributed by atoms with van der Waals surface area (Å²) in [5.74, 6) is -0.723. The van der Waals surface area contributed by atoms with E-state index in [9.17, 15) is 9.18 Å². The maximum Gasteiger partial charge on any atom is 0.333 e. The summed E-state index contributed by atoms with van der Waals surface area (Å²) < 4.78 is 18.1. The number of carbonyl (C=O) groups excluding carboxylic acids is 1. The summed E-state index contributed by atoms with van der Waals surface area (Å²) >= 11 is 0. The average Bonchev–Trinajstić information content (AvgIpc) is 2.47. The van der Waals surface area contributed by atoms with Crippen LogP contribution in [0.1, 0.15) is 18.5 Å². The summed E-state index contributed by atoms with van der Waals surface area (Å²) in [6, 6.07) is 14.5. The van der Waals surface area contributed by atoms with Crippen molar-refractivity contribution in [1.82, 2.24) is 0 Å². The summed E-state index contributed by atoms with van der Waals surface area (Å²) in [6.07, 6.45) is 0. The summed E-state index contributed by atoms with van der Waals surface area (Å²) in [5, 5.41) is 3.10. The molecule has 0 amide bonds. The highest BCUT2D eigenvalue weighted by Crippen LogP contribution is 2.21. The third-order valence-corrected chi connectivity index (χ3v) is 2.81. The second-order valence-corrected chi connectivity index (χ2v) is 4.25. The lowest BCUT2D eigenvalue weighted by molar-refractivity contribution is -0.144. The Bertz CT molecular complexity index is 554. The molecule has 0 aromatic heterocycles. The first kappa shape index (κ1) is 14.1. The number of carbonyl (C=O) groups is 1. The van der Waals surface area contributed by atoms with Crippen LogP contribution < -0.4 is 5.32 Å². The molecule has 1 unspecified atom stereocenters. The van der Waals surface area contributed by atoms with Crippen LogP contribution >= 0.6 is 0 Å². The highest BCUT2D eigenvalue weighted by Gasteiger charge is 2.21. The number of benzene rings is 2. The van der Waals surface area contributed by atoms with E-state index in [1.54, 1.807) is 19.1 Å². The highest BCUT2D eigenvalue weighted by molar-refractivity contribution is 5.81. The lowest BCUT2D eigenvalue weighted by Gasteiger charge is -2.18. The first-order chi connectivity index (χ1) is 9.70. The normalized spacial score (nSPS) is 11.7. The van der Waals surface area contributed by atoms with E-state index in [0.717, 1.165) is 5.69 Å². The minimum Gasteiger partial charge on any atom is -0.464 e. The number of halogens is 1. The standard InChI is InChI=1S/C16H16FNO2/c1-2-20-16(19)15(12-8-10-13(17)11-9-12)18-14-6-4-3-5-7-14/h3-11,15,18H,2H2,1H3. The van der Waals surface area contributed by atoms with Gasteiger partial charge in [0.2, 0.25) is 0 Å². The molecule has 2 aromatic rings. The number of anilines is 1. The third-order valence-electron chi connectivity index (χ3n) is 2.81. The van der Waals surface area contributed by atoms with Crippen molar-refractivity contribution in [3.8, 4) is 0 Å². The number of ether oxygens (including phenoxy) is 1. The van der Waals surface area contributed by atoms with Crippen LogP contribution in [-0.4, -0.2) is 12.6 Å². The molecule has 104 valence electrons. The Morgan fingerprint density at radius 2 is 1.80 bits per heavy atom. The topological polar surface area (TPSA) is 38.3 Å². The molecule has 0 radical (unpaired) electrons. The van der Waals surface area contributed by atoms with E-state index in [1.165, 1.54) is 12.1 Å². The second kappa shape index (κ2) is 6.70. The summed E-state index contributed by atoms with van der Waals surface area (Å²) in [4.78, 5) is 12.1. The largest absolute Gasteiger partial charge is 0.464 e. The molecule has 4 heteroatoms. The molecule has 20 heavy (non-hydrogen) atoms. The van der Waals surface area contributed by atoms with Crippen LogP contribution in [-0.2, 0) is 9.53 Å². The van der Waals surface area contributed by atoms with Crippen molar-refractivity contribution in [2.24, 2.45) is 0 Å². The molecule has 0 saturated carbocycles. The molecule has 1 N–H and O–H groups in total. The van der Waals surface area contributed by atoms with Crippen molar-refractivity contribution < 1.29 is 13.9 Å². The predicted molar refractivity (Wildman–Crippen MR) is 75.8 cm³/mol. The second-order valence-electron chi connectivity index (χ2n) is 4.25. The zero-order chi connectivity index (χ0) is 14.4. The molecule has 0 spiro atoms. The summed E-state index contributed by atoms with van der Waals surface area (Å²) in [7, 11) is 0. The Labute approximate surface area is 117 Å². The SMILES string of the molecule is CCOC(=O)C(Nc1ccccc1)c1ccc(F)cc1. The zero-order valence-electron chi connectivity index (χ0n) is 11.2. The zero-order valence-corrected chi connectivity index (χ0v) is 11.2. The fourth-order valence-corrected chi connectivity index (χ4v) is 1.86. The number of hydrogen-bond acceptors (Lipinski definition) is 3. The molecule has 2 aromatic carbocycles. The predicted octanol–water partition coefficient (Wildman–Crippen LogP) is 3.54. The van der Waals surface area contributed by atoms with Crippen molar-refractivity contribution in [1.29, 1.82) is 0 Å². The molecule has 1 atom stereocenters. The van der Waals surface area contributed by atoms with Gasteiger partial charge in [-0.25, -0.2) is 9.18 Å². The molecule has 2 rings (SSSR count). The van der Waals surface area contributed by atoms with Crippen molar-refractivity contribution in [3.05, 3.63) is 66.0 Å². The van der Waals surface area contributed by atoms with Crippen LogP contribution in [0.25, 0.3) is 0 Å². The molecule has 0 aliphatic heterocycles. The highest BCUT2D eigenvalue weighted by atomic mass is 19.1. The number of rotatable bonds is 5. The molecule has 0 heterocycles. The van der Waals surface area contributed by atoms with Crippen LogP contribution in [0.4, 0.5) is 10.1 Å². The van der Waals surface area contributed by atoms with Gasteiger partial charge in [0.25, 0.3) is 0 Å². The van der Waals surface area contributed by atoms with Gasteiger partial charge >= 0.3 is 5.97 Å². The number of esters is 1. The van der Waals surface area contributed by atoms with Gasteiger partial charge < -0.3 is 10.1 Å². The summed E-state index contributed by atoms with van der Waals surface area (Å²) in [6.45, 7) is 2.05. The Hall–Kier alpha value is -2.36. The van der Waals surface area contributed by atoms with Gasteiger partial charge in [0.1, 0.15) is 5.82 Å². The Balaban J connectivity index is 2.25. The molecule has 0 aliphatic carbocycles. The van der Waals surface area contributed by atoms with Gasteiger partial charge in [-0.05, 0) is 36.8 Å². The fraction of sp³-hybridized carbons (Fsp3) is 0.188. The van der Waals surface area contributed by atoms with E-state index < -0.39 is 6.04 Å². The first-order valence-corrected chi connectivity index (χ1v) is 6.44. The Kier molecular flexibility index (Phi) is 4.71. The van der Waals surface area contributed by atoms with Gasteiger partial charge in [-0.15, -0.1) is 0 Å². The maximum absolute atomic E-state index is 13.0. The van der Waals surface area contributed by atoms with Gasteiger partial charge in [-0.2, -0.15) is 0 Å². The van der Waals surface area contributed by atoms with E-state index in [2.05, 4.69) is 5.32 Å². The van der Waals surface area contributed by atoms with Crippen molar-refractivity contribution >= 4 is 11.7 Å². The lowest BCUT2D eigenvalue weighted by Crippen LogP contribution is -2.23. The van der Waals surface area contributed by atoms with Gasteiger partial charge in [0, 0.05) is 5.69 Å². The monoisotopic (exact) mass is 273 g/mol. The molecule has 0 aliphatic rings. The molecule has 0 saturated heterocycles. The van der Waals surface area contributed by atoms with E-state index in [-0.39, 0.29) is 11.8 Å². The minimum atomic E-state index is -0.655. The van der Waals surface area contributed by atoms with Crippen LogP contribution in [0.3, 0.4) is 0 Å². The number of nitrogens with one attached hydrogen (secondary N) is 1. The Morgan fingerprint density at radius 1 is 1.15 bits per heavy atom. The molecule has 3 nitrogen and oxygen atoms in total. The summed E-state index contributed by atoms with van der Waals surface area (Å²) in [5.41, 5.74) is 1.46. The van der Waals surface area contributed by atoms with E-state index in [0.29, 0.717) is 12.2 Å². The van der Waals surface area contributed by atoms with E-state index in [4.69, 9.17) is 4.74 Å². The number of hydrogen-bond donors (Lipinski definition) is 1. The van der Waals surface area contributed by atoms with Crippen molar-refractivity contribution in [2.75, 3.05) is 11.9 Å². The molecule has 0 fully saturated rings.